The number of aliphatic hydroxyl groups excluding tert-OH is 1. The molecular formula is C17H25N3O3S. The molecule has 1 N–H and O–H groups in total. The lowest BCUT2D eigenvalue weighted by atomic mass is 9.77. The van der Waals surface area contributed by atoms with Gasteiger partial charge in [0, 0.05) is 49.1 Å². The van der Waals surface area contributed by atoms with Crippen molar-refractivity contribution < 1.29 is 14.6 Å². The molecule has 3 heterocycles. The molecule has 1 amide bonds. The number of aliphatic hydroxyl groups is 1. The fourth-order valence-corrected chi connectivity index (χ4v) is 4.89. The second-order valence-corrected chi connectivity index (χ2v) is 8.35. The van der Waals surface area contributed by atoms with Gasteiger partial charge in [-0.2, -0.15) is 0 Å². The van der Waals surface area contributed by atoms with E-state index >= 15 is 0 Å². The molecule has 0 aromatic carbocycles. The van der Waals surface area contributed by atoms with E-state index in [-0.39, 0.29) is 23.3 Å². The molecule has 1 saturated carbocycles. The van der Waals surface area contributed by atoms with E-state index in [9.17, 15) is 9.90 Å². The van der Waals surface area contributed by atoms with Crippen molar-refractivity contribution in [2.75, 3.05) is 44.3 Å². The van der Waals surface area contributed by atoms with Crippen molar-refractivity contribution in [1.29, 1.82) is 0 Å². The largest absolute Gasteiger partial charge is 0.393 e. The van der Waals surface area contributed by atoms with E-state index in [2.05, 4.69) is 9.88 Å². The van der Waals surface area contributed by atoms with Crippen LogP contribution in [0.15, 0.2) is 11.6 Å². The highest BCUT2D eigenvalue weighted by Crippen LogP contribution is 2.37. The highest BCUT2D eigenvalue weighted by Gasteiger charge is 2.43. The molecule has 6 nitrogen and oxygen atoms in total. The number of ether oxygens (including phenoxy) is 1. The van der Waals surface area contributed by atoms with Gasteiger partial charge in [-0.25, -0.2) is 4.98 Å². The van der Waals surface area contributed by atoms with Crippen LogP contribution in [0.2, 0.25) is 0 Å². The number of aromatic nitrogens is 1. The third kappa shape index (κ3) is 3.17. The Labute approximate surface area is 146 Å². The molecule has 3 fully saturated rings. The Kier molecular flexibility index (Phi) is 4.49. The summed E-state index contributed by atoms with van der Waals surface area (Å²) >= 11 is 1.66. The molecule has 0 bridgehead atoms. The first kappa shape index (κ1) is 16.3. The number of rotatable bonds is 2. The lowest BCUT2D eigenvalue weighted by molar-refractivity contribution is -0.146. The maximum Gasteiger partial charge on any atom is 0.225 e. The third-order valence-electron chi connectivity index (χ3n) is 5.57. The number of hydrogen-bond donors (Lipinski definition) is 1. The van der Waals surface area contributed by atoms with Crippen LogP contribution in [-0.4, -0.2) is 66.4 Å². The summed E-state index contributed by atoms with van der Waals surface area (Å²) in [4.78, 5) is 21.5. The minimum atomic E-state index is -0.278. The molecule has 4 rings (SSSR count). The van der Waals surface area contributed by atoms with Gasteiger partial charge in [0.1, 0.15) is 0 Å². The standard InChI is InChI=1S/C17H25N3O3S/c21-14-8-13(9-14)15(22)19-4-1-2-17(10-19)11-20(5-6-23-12-17)16-18-3-7-24-16/h3,7,13-14,21H,1-2,4-6,8-12H2. The molecule has 1 aromatic heterocycles. The molecule has 1 aromatic rings. The van der Waals surface area contributed by atoms with Crippen LogP contribution >= 0.6 is 11.3 Å². The zero-order valence-electron chi connectivity index (χ0n) is 13.9. The van der Waals surface area contributed by atoms with Crippen LogP contribution in [0.3, 0.4) is 0 Å². The summed E-state index contributed by atoms with van der Waals surface area (Å²) in [5.74, 6) is 0.251. The quantitative estimate of drug-likeness (QED) is 0.871. The number of hydrogen-bond acceptors (Lipinski definition) is 6. The highest BCUT2D eigenvalue weighted by molar-refractivity contribution is 7.13. The third-order valence-corrected chi connectivity index (χ3v) is 6.40. The van der Waals surface area contributed by atoms with Gasteiger partial charge in [0.15, 0.2) is 5.13 Å². The number of piperidine rings is 1. The number of anilines is 1. The van der Waals surface area contributed by atoms with Gasteiger partial charge in [-0.3, -0.25) is 4.79 Å². The summed E-state index contributed by atoms with van der Waals surface area (Å²) in [7, 11) is 0. The number of amides is 1. The Balaban J connectivity index is 1.47. The normalized spacial score (nSPS) is 34.0. The van der Waals surface area contributed by atoms with E-state index in [1.54, 1.807) is 11.3 Å². The predicted molar refractivity (Wildman–Crippen MR) is 92.1 cm³/mol. The van der Waals surface area contributed by atoms with E-state index < -0.39 is 0 Å². The van der Waals surface area contributed by atoms with Crippen LogP contribution in [-0.2, 0) is 9.53 Å². The van der Waals surface area contributed by atoms with Crippen LogP contribution in [0.25, 0.3) is 0 Å². The molecule has 1 atom stereocenters. The summed E-state index contributed by atoms with van der Waals surface area (Å²) in [6.07, 6.45) is 4.94. The van der Waals surface area contributed by atoms with Crippen LogP contribution in [0, 0.1) is 11.3 Å². The Hall–Kier alpha value is -1.18. The van der Waals surface area contributed by atoms with Gasteiger partial charge in [-0.15, -0.1) is 11.3 Å². The first-order valence-electron chi connectivity index (χ1n) is 8.84. The van der Waals surface area contributed by atoms with E-state index in [0.29, 0.717) is 26.1 Å². The number of nitrogens with zero attached hydrogens (tertiary/aromatic N) is 3. The average Bonchev–Trinajstić information content (AvgIpc) is 3.02. The summed E-state index contributed by atoms with van der Waals surface area (Å²) in [6, 6.07) is 0. The zero-order valence-corrected chi connectivity index (χ0v) is 14.7. The van der Waals surface area contributed by atoms with Crippen molar-refractivity contribution in [3.63, 3.8) is 0 Å². The molecule has 0 radical (unpaired) electrons. The predicted octanol–water partition coefficient (Wildman–Crippen LogP) is 1.36. The molecule has 2 saturated heterocycles. The van der Waals surface area contributed by atoms with Gasteiger partial charge in [-0.1, -0.05) is 0 Å². The number of carbonyl (C=O) groups excluding carboxylic acids is 1. The van der Waals surface area contributed by atoms with Crippen LogP contribution in [0.4, 0.5) is 5.13 Å². The fourth-order valence-electron chi connectivity index (χ4n) is 4.22. The van der Waals surface area contributed by atoms with Crippen molar-refractivity contribution in [2.24, 2.45) is 11.3 Å². The average molecular weight is 351 g/mol. The molecule has 24 heavy (non-hydrogen) atoms. The van der Waals surface area contributed by atoms with Crippen LogP contribution in [0.1, 0.15) is 25.7 Å². The van der Waals surface area contributed by atoms with Crippen LogP contribution in [0.5, 0.6) is 0 Å². The van der Waals surface area contributed by atoms with Crippen molar-refractivity contribution in [1.82, 2.24) is 9.88 Å². The maximum absolute atomic E-state index is 12.7. The Morgan fingerprint density at radius 2 is 2.25 bits per heavy atom. The number of thiazole rings is 1. The van der Waals surface area contributed by atoms with Crippen molar-refractivity contribution in [2.45, 2.75) is 31.8 Å². The van der Waals surface area contributed by atoms with Gasteiger partial charge in [0.25, 0.3) is 0 Å². The van der Waals surface area contributed by atoms with Crippen molar-refractivity contribution in [3.05, 3.63) is 11.6 Å². The Morgan fingerprint density at radius 3 is 3.00 bits per heavy atom. The molecule has 1 aliphatic carbocycles. The Bertz CT molecular complexity index is 576. The minimum Gasteiger partial charge on any atom is -0.393 e. The molecule has 3 aliphatic rings. The summed E-state index contributed by atoms with van der Waals surface area (Å²) in [5, 5.41) is 12.5. The lowest BCUT2D eigenvalue weighted by Gasteiger charge is -2.45. The second kappa shape index (κ2) is 6.61. The molecule has 132 valence electrons. The topological polar surface area (TPSA) is 65.9 Å². The minimum absolute atomic E-state index is 0.00154. The smallest absolute Gasteiger partial charge is 0.225 e. The van der Waals surface area contributed by atoms with Crippen molar-refractivity contribution >= 4 is 22.4 Å². The molecular weight excluding hydrogens is 326 g/mol. The molecule has 1 spiro atoms. The summed E-state index contributed by atoms with van der Waals surface area (Å²) < 4.78 is 5.92. The number of likely N-dealkylation sites (tertiary alicyclic amines) is 1. The molecule has 2 aliphatic heterocycles. The molecule has 7 heteroatoms. The fraction of sp³-hybridized carbons (Fsp3) is 0.765. The first-order valence-corrected chi connectivity index (χ1v) is 9.72. The van der Waals surface area contributed by atoms with Gasteiger partial charge >= 0.3 is 0 Å². The van der Waals surface area contributed by atoms with Gasteiger partial charge in [0.2, 0.25) is 5.91 Å². The van der Waals surface area contributed by atoms with Crippen LogP contribution < -0.4 is 4.90 Å². The van der Waals surface area contributed by atoms with E-state index in [1.165, 1.54) is 0 Å². The molecule has 1 unspecified atom stereocenters. The van der Waals surface area contributed by atoms with Gasteiger partial charge in [-0.05, 0) is 25.7 Å². The number of carbonyl (C=O) groups is 1. The summed E-state index contributed by atoms with van der Waals surface area (Å²) in [5.41, 5.74) is -0.00154. The van der Waals surface area contributed by atoms with Gasteiger partial charge < -0.3 is 19.6 Å². The zero-order chi connectivity index (χ0) is 16.6. The van der Waals surface area contributed by atoms with Crippen molar-refractivity contribution in [3.8, 4) is 0 Å². The Morgan fingerprint density at radius 1 is 1.38 bits per heavy atom. The SMILES string of the molecule is O=C(C1CC(O)C1)N1CCCC2(COCCN(c3nccs3)C2)C1. The maximum atomic E-state index is 12.7. The van der Waals surface area contributed by atoms with E-state index in [4.69, 9.17) is 4.74 Å². The van der Waals surface area contributed by atoms with E-state index in [1.807, 2.05) is 16.5 Å². The lowest BCUT2D eigenvalue weighted by Crippen LogP contribution is -2.54. The highest BCUT2D eigenvalue weighted by atomic mass is 32.1. The van der Waals surface area contributed by atoms with Gasteiger partial charge in [0.05, 0.1) is 19.3 Å². The first-order chi connectivity index (χ1) is 11.7. The monoisotopic (exact) mass is 351 g/mol. The summed E-state index contributed by atoms with van der Waals surface area (Å²) in [6.45, 7) is 4.79. The second-order valence-electron chi connectivity index (χ2n) is 7.47. The van der Waals surface area contributed by atoms with E-state index in [0.717, 1.165) is 44.2 Å².